The van der Waals surface area contributed by atoms with Crippen LogP contribution in [0.3, 0.4) is 0 Å². The molecule has 0 bridgehead atoms. The van der Waals surface area contributed by atoms with Gasteiger partial charge in [0.15, 0.2) is 5.82 Å². The van der Waals surface area contributed by atoms with Gasteiger partial charge in [-0.1, -0.05) is 30.7 Å². The number of nitrogen functional groups attached to an aromatic ring is 1. The molecule has 1 atom stereocenters. The van der Waals surface area contributed by atoms with Gasteiger partial charge in [0.05, 0.1) is 10.7 Å². The molecule has 0 amide bonds. The zero-order chi connectivity index (χ0) is 14.0. The largest absolute Gasteiger partial charge is 0.396 e. The van der Waals surface area contributed by atoms with Gasteiger partial charge in [-0.15, -0.1) is 6.58 Å². The van der Waals surface area contributed by atoms with E-state index < -0.39 is 5.82 Å². The van der Waals surface area contributed by atoms with Gasteiger partial charge in [0, 0.05) is 0 Å². The molecule has 3 heteroatoms. The number of allylic oxidation sites excluding steroid dienone is 1. The van der Waals surface area contributed by atoms with E-state index in [2.05, 4.69) is 19.6 Å². The lowest BCUT2D eigenvalue weighted by atomic mass is 9.74. The fourth-order valence-corrected chi connectivity index (χ4v) is 3.41. The van der Waals surface area contributed by atoms with E-state index in [1.54, 1.807) is 6.07 Å². The Balaban J connectivity index is 2.14. The molecule has 0 aromatic heterocycles. The Kier molecular flexibility index (Phi) is 4.51. The van der Waals surface area contributed by atoms with Crippen molar-refractivity contribution in [3.05, 3.63) is 41.2 Å². The van der Waals surface area contributed by atoms with E-state index in [0.29, 0.717) is 11.8 Å². The van der Waals surface area contributed by atoms with Crippen molar-refractivity contribution in [1.82, 2.24) is 0 Å². The van der Waals surface area contributed by atoms with E-state index >= 15 is 0 Å². The fourth-order valence-electron chi connectivity index (χ4n) is 3.07. The molecule has 0 saturated heterocycles. The highest BCUT2D eigenvalue weighted by molar-refractivity contribution is 6.31. The number of benzene rings is 1. The van der Waals surface area contributed by atoms with Crippen LogP contribution in [0.15, 0.2) is 24.8 Å². The maximum atomic E-state index is 13.8. The molecule has 1 fully saturated rings. The lowest BCUT2D eigenvalue weighted by Crippen LogP contribution is -2.18. The summed E-state index contributed by atoms with van der Waals surface area (Å²) in [6.45, 7) is 6.00. The Morgan fingerprint density at radius 1 is 1.37 bits per heavy atom. The van der Waals surface area contributed by atoms with Gasteiger partial charge < -0.3 is 5.73 Å². The van der Waals surface area contributed by atoms with E-state index in [-0.39, 0.29) is 16.6 Å². The van der Waals surface area contributed by atoms with Gasteiger partial charge >= 0.3 is 0 Å². The number of nitrogens with two attached hydrogens (primary N) is 1. The summed E-state index contributed by atoms with van der Waals surface area (Å²) >= 11 is 6.10. The Bertz CT molecular complexity index is 464. The highest BCUT2D eigenvalue weighted by Crippen LogP contribution is 2.41. The second-order valence-corrected chi connectivity index (χ2v) is 5.95. The first kappa shape index (κ1) is 14.4. The van der Waals surface area contributed by atoms with Crippen LogP contribution in [-0.2, 0) is 0 Å². The second-order valence-electron chi connectivity index (χ2n) is 5.57. The van der Waals surface area contributed by atoms with Gasteiger partial charge in [-0.3, -0.25) is 0 Å². The molecule has 1 unspecified atom stereocenters. The van der Waals surface area contributed by atoms with Crippen molar-refractivity contribution >= 4 is 17.3 Å². The number of hydrogen-bond acceptors (Lipinski definition) is 1. The highest BCUT2D eigenvalue weighted by atomic mass is 35.5. The van der Waals surface area contributed by atoms with Crippen LogP contribution in [-0.4, -0.2) is 0 Å². The van der Waals surface area contributed by atoms with Crippen LogP contribution < -0.4 is 5.73 Å². The third-order valence-electron chi connectivity index (χ3n) is 4.49. The summed E-state index contributed by atoms with van der Waals surface area (Å²) in [5, 5.41) is 0.193. The van der Waals surface area contributed by atoms with Crippen molar-refractivity contribution in [2.75, 3.05) is 5.73 Å². The van der Waals surface area contributed by atoms with Crippen LogP contribution in [0, 0.1) is 17.7 Å². The maximum Gasteiger partial charge on any atom is 0.164 e. The molecule has 19 heavy (non-hydrogen) atoms. The van der Waals surface area contributed by atoms with Crippen LogP contribution in [0.4, 0.5) is 10.1 Å². The summed E-state index contributed by atoms with van der Waals surface area (Å²) < 4.78 is 13.8. The van der Waals surface area contributed by atoms with Crippen molar-refractivity contribution in [3.63, 3.8) is 0 Å². The molecule has 0 spiro atoms. The third kappa shape index (κ3) is 2.94. The average Bonchev–Trinajstić information content (AvgIpc) is 2.44. The minimum Gasteiger partial charge on any atom is -0.396 e. The Labute approximate surface area is 119 Å². The van der Waals surface area contributed by atoms with Gasteiger partial charge in [-0.2, -0.15) is 0 Å². The number of rotatable bonds is 3. The summed E-state index contributed by atoms with van der Waals surface area (Å²) in [6, 6.07) is 3.48. The highest BCUT2D eigenvalue weighted by Gasteiger charge is 2.27. The Hall–Kier alpha value is -1.02. The summed E-state index contributed by atoms with van der Waals surface area (Å²) in [6.07, 6.45) is 6.71. The number of hydrogen-bond donors (Lipinski definition) is 1. The van der Waals surface area contributed by atoms with E-state index in [1.165, 1.54) is 12.8 Å². The predicted molar refractivity (Wildman–Crippen MR) is 79.9 cm³/mol. The second kappa shape index (κ2) is 5.96. The first-order valence-corrected chi connectivity index (χ1v) is 7.28. The molecule has 0 aliphatic heterocycles. The molecule has 104 valence electrons. The van der Waals surface area contributed by atoms with Crippen LogP contribution in [0.25, 0.3) is 0 Å². The first-order chi connectivity index (χ1) is 9.04. The summed E-state index contributed by atoms with van der Waals surface area (Å²) in [5.41, 5.74) is 6.54. The molecule has 2 rings (SSSR count). The molecular weight excluding hydrogens is 261 g/mol. The first-order valence-electron chi connectivity index (χ1n) is 6.90. The quantitative estimate of drug-likeness (QED) is 0.601. The average molecular weight is 282 g/mol. The molecular formula is C16H21ClFN. The van der Waals surface area contributed by atoms with Crippen molar-refractivity contribution in [1.29, 1.82) is 0 Å². The van der Waals surface area contributed by atoms with Crippen molar-refractivity contribution in [2.24, 2.45) is 11.8 Å². The molecule has 1 aliphatic carbocycles. The van der Waals surface area contributed by atoms with Gasteiger partial charge in [-0.05, 0) is 55.1 Å². The number of anilines is 1. The summed E-state index contributed by atoms with van der Waals surface area (Å²) in [5.74, 6) is 0.998. The zero-order valence-corrected chi connectivity index (χ0v) is 12.1. The van der Waals surface area contributed by atoms with E-state index in [9.17, 15) is 4.39 Å². The van der Waals surface area contributed by atoms with Crippen LogP contribution in [0.5, 0.6) is 0 Å². The van der Waals surface area contributed by atoms with E-state index in [1.807, 2.05) is 6.07 Å². The smallest absolute Gasteiger partial charge is 0.164 e. The molecule has 1 aromatic carbocycles. The minimum atomic E-state index is -0.481. The van der Waals surface area contributed by atoms with Gasteiger partial charge in [0.2, 0.25) is 0 Å². The molecule has 1 aliphatic rings. The predicted octanol–water partition coefficient (Wildman–Crippen LogP) is 5.16. The topological polar surface area (TPSA) is 26.0 Å². The number of halogens is 2. The minimum absolute atomic E-state index is 0.122. The van der Waals surface area contributed by atoms with E-state index in [0.717, 1.165) is 18.4 Å². The van der Waals surface area contributed by atoms with Crippen LogP contribution in [0.2, 0.25) is 5.02 Å². The normalized spacial score (nSPS) is 25.0. The Morgan fingerprint density at radius 3 is 2.58 bits per heavy atom. The SMILES string of the molecule is C=CC1CCC(C(C)c2ccc(N)c(F)c2Cl)CC1. The fraction of sp³-hybridized carbons (Fsp3) is 0.500. The molecule has 2 N–H and O–H groups in total. The van der Waals surface area contributed by atoms with Gasteiger partial charge in [0.25, 0.3) is 0 Å². The van der Waals surface area contributed by atoms with Crippen molar-refractivity contribution < 1.29 is 4.39 Å². The lowest BCUT2D eigenvalue weighted by molar-refractivity contribution is 0.278. The van der Waals surface area contributed by atoms with Crippen LogP contribution >= 0.6 is 11.6 Å². The molecule has 1 nitrogen and oxygen atoms in total. The van der Waals surface area contributed by atoms with Crippen molar-refractivity contribution in [2.45, 2.75) is 38.5 Å². The molecule has 1 saturated carbocycles. The molecule has 0 heterocycles. The van der Waals surface area contributed by atoms with Crippen molar-refractivity contribution in [3.8, 4) is 0 Å². The zero-order valence-electron chi connectivity index (χ0n) is 11.3. The summed E-state index contributed by atoms with van der Waals surface area (Å²) in [4.78, 5) is 0. The third-order valence-corrected chi connectivity index (χ3v) is 4.87. The monoisotopic (exact) mass is 281 g/mol. The lowest BCUT2D eigenvalue weighted by Gasteiger charge is -2.31. The molecule has 1 aromatic rings. The molecule has 0 radical (unpaired) electrons. The van der Waals surface area contributed by atoms with Crippen LogP contribution in [0.1, 0.15) is 44.1 Å². The summed E-state index contributed by atoms with van der Waals surface area (Å²) in [7, 11) is 0. The maximum absolute atomic E-state index is 13.8. The Morgan fingerprint density at radius 2 is 2.00 bits per heavy atom. The standard InChI is InChI=1S/C16H21ClFN/c1-3-11-4-6-12(7-5-11)10(2)13-8-9-14(19)16(18)15(13)17/h3,8-12H,1,4-7,19H2,2H3. The van der Waals surface area contributed by atoms with Gasteiger partial charge in [-0.25, -0.2) is 4.39 Å². The van der Waals surface area contributed by atoms with E-state index in [4.69, 9.17) is 17.3 Å². The van der Waals surface area contributed by atoms with Gasteiger partial charge in [0.1, 0.15) is 0 Å².